The first-order valence-corrected chi connectivity index (χ1v) is 7.55. The summed E-state index contributed by atoms with van der Waals surface area (Å²) < 4.78 is 0. The zero-order valence-corrected chi connectivity index (χ0v) is 12.4. The molecular weight excluding hydrogens is 272 g/mol. The molecule has 0 aliphatic heterocycles. The zero-order chi connectivity index (χ0) is 15.4. The van der Waals surface area contributed by atoms with E-state index < -0.39 is 0 Å². The molecule has 0 saturated heterocycles. The molecule has 0 fully saturated rings. The summed E-state index contributed by atoms with van der Waals surface area (Å²) in [5, 5.41) is 18.9. The fraction of sp³-hybridized carbons (Fsp3) is 0.200. The lowest BCUT2D eigenvalue weighted by atomic mass is 9.72. The Hall–Kier alpha value is -2.48. The van der Waals surface area contributed by atoms with Crippen molar-refractivity contribution in [1.82, 2.24) is 0 Å². The van der Waals surface area contributed by atoms with Crippen molar-refractivity contribution in [3.8, 4) is 11.5 Å². The summed E-state index contributed by atoms with van der Waals surface area (Å²) >= 11 is 0. The lowest BCUT2D eigenvalue weighted by Crippen LogP contribution is -2.25. The van der Waals surface area contributed by atoms with Crippen LogP contribution in [0.3, 0.4) is 0 Å². The quantitative estimate of drug-likeness (QED) is 0.877. The second kappa shape index (κ2) is 6.10. The van der Waals surface area contributed by atoms with E-state index in [0.29, 0.717) is 11.5 Å². The molecule has 1 aliphatic carbocycles. The minimum absolute atomic E-state index is 0.0443. The topological polar surface area (TPSA) is 40.5 Å². The molecular formula is C20H20O2. The number of hydrogen-bond acceptors (Lipinski definition) is 2. The third-order valence-corrected chi connectivity index (χ3v) is 4.21. The van der Waals surface area contributed by atoms with E-state index in [4.69, 9.17) is 0 Å². The van der Waals surface area contributed by atoms with Gasteiger partial charge in [0.25, 0.3) is 0 Å². The Bertz CT molecular complexity index is 631. The molecule has 0 aromatic heterocycles. The van der Waals surface area contributed by atoms with Gasteiger partial charge in [0.2, 0.25) is 0 Å². The maximum atomic E-state index is 9.44. The maximum Gasteiger partial charge on any atom is 0.115 e. The number of rotatable bonds is 4. The molecule has 0 radical (unpaired) electrons. The minimum Gasteiger partial charge on any atom is -0.508 e. The van der Waals surface area contributed by atoms with Crippen LogP contribution in [0.1, 0.15) is 17.5 Å². The molecule has 2 N–H and O–H groups in total. The van der Waals surface area contributed by atoms with Gasteiger partial charge in [-0.2, -0.15) is 0 Å². The highest BCUT2D eigenvalue weighted by molar-refractivity contribution is 5.32. The van der Waals surface area contributed by atoms with Crippen LogP contribution in [-0.2, 0) is 12.8 Å². The molecule has 3 rings (SSSR count). The molecule has 2 aromatic carbocycles. The van der Waals surface area contributed by atoms with E-state index in [-0.39, 0.29) is 5.41 Å². The van der Waals surface area contributed by atoms with Crippen molar-refractivity contribution in [3.63, 3.8) is 0 Å². The second-order valence-electron chi connectivity index (χ2n) is 6.04. The fourth-order valence-corrected chi connectivity index (χ4v) is 3.07. The number of allylic oxidation sites excluding steroid dienone is 4. The molecule has 0 heterocycles. The molecule has 0 spiro atoms. The number of benzene rings is 2. The highest BCUT2D eigenvalue weighted by atomic mass is 16.3. The van der Waals surface area contributed by atoms with Crippen molar-refractivity contribution in [3.05, 3.63) is 84.0 Å². The third-order valence-electron chi connectivity index (χ3n) is 4.21. The zero-order valence-electron chi connectivity index (χ0n) is 12.4. The van der Waals surface area contributed by atoms with Gasteiger partial charge in [-0.15, -0.1) is 0 Å². The fourth-order valence-electron chi connectivity index (χ4n) is 3.07. The van der Waals surface area contributed by atoms with Crippen LogP contribution >= 0.6 is 0 Å². The van der Waals surface area contributed by atoms with E-state index in [0.717, 1.165) is 19.3 Å². The van der Waals surface area contributed by atoms with Gasteiger partial charge >= 0.3 is 0 Å². The van der Waals surface area contributed by atoms with Gasteiger partial charge in [-0.1, -0.05) is 48.6 Å². The summed E-state index contributed by atoms with van der Waals surface area (Å²) in [6.07, 6.45) is 11.5. The summed E-state index contributed by atoms with van der Waals surface area (Å²) in [6.45, 7) is 0. The van der Waals surface area contributed by atoms with Crippen molar-refractivity contribution < 1.29 is 10.2 Å². The van der Waals surface area contributed by atoms with E-state index in [9.17, 15) is 10.2 Å². The predicted octanol–water partition coefficient (Wildman–Crippen LogP) is 4.39. The van der Waals surface area contributed by atoms with Crippen molar-refractivity contribution in [2.75, 3.05) is 0 Å². The summed E-state index contributed by atoms with van der Waals surface area (Å²) in [5.41, 5.74) is 2.48. The van der Waals surface area contributed by atoms with Gasteiger partial charge in [-0.3, -0.25) is 0 Å². The number of phenolic OH excluding ortho intramolecular Hbond substituents is 2. The van der Waals surface area contributed by atoms with E-state index in [1.165, 1.54) is 11.1 Å². The Balaban J connectivity index is 1.84. The van der Waals surface area contributed by atoms with E-state index in [1.54, 1.807) is 24.3 Å². The van der Waals surface area contributed by atoms with Gasteiger partial charge in [0.15, 0.2) is 0 Å². The lowest BCUT2D eigenvalue weighted by molar-refractivity contribution is 0.376. The average molecular weight is 292 g/mol. The van der Waals surface area contributed by atoms with Crippen molar-refractivity contribution in [2.24, 2.45) is 5.41 Å². The standard InChI is InChI=1S/C20H20O2/c21-18-8-4-16(5-9-18)14-20(12-2-1-3-13-20)15-17-6-10-19(22)11-7-17/h1-12,21-22H,13-15H2. The summed E-state index contributed by atoms with van der Waals surface area (Å²) in [5.74, 6) is 0.603. The number of hydrogen-bond donors (Lipinski definition) is 2. The lowest BCUT2D eigenvalue weighted by Gasteiger charge is -2.32. The highest BCUT2D eigenvalue weighted by Crippen LogP contribution is 2.36. The predicted molar refractivity (Wildman–Crippen MR) is 89.0 cm³/mol. The molecule has 2 heteroatoms. The molecule has 112 valence electrons. The first-order chi connectivity index (χ1) is 10.7. The average Bonchev–Trinajstić information content (AvgIpc) is 2.53. The minimum atomic E-state index is 0.0443. The molecule has 22 heavy (non-hydrogen) atoms. The van der Waals surface area contributed by atoms with Crippen LogP contribution in [0.4, 0.5) is 0 Å². The van der Waals surface area contributed by atoms with Crippen LogP contribution in [0, 0.1) is 5.41 Å². The third kappa shape index (κ3) is 3.40. The van der Waals surface area contributed by atoms with Crippen molar-refractivity contribution in [2.45, 2.75) is 19.3 Å². The van der Waals surface area contributed by atoms with Gasteiger partial charge in [-0.05, 0) is 54.7 Å². The summed E-state index contributed by atoms with van der Waals surface area (Å²) in [6, 6.07) is 14.9. The Kier molecular flexibility index (Phi) is 4.01. The SMILES string of the molecule is Oc1ccc(CC2(Cc3ccc(O)cc3)C=CC=CC2)cc1. The Morgan fingerprint density at radius 3 is 1.64 bits per heavy atom. The molecule has 0 unspecified atom stereocenters. The largest absolute Gasteiger partial charge is 0.508 e. The van der Waals surface area contributed by atoms with Gasteiger partial charge in [0.1, 0.15) is 11.5 Å². The number of phenols is 2. The van der Waals surface area contributed by atoms with Crippen LogP contribution in [-0.4, -0.2) is 10.2 Å². The Morgan fingerprint density at radius 1 is 0.727 bits per heavy atom. The summed E-state index contributed by atoms with van der Waals surface area (Å²) in [4.78, 5) is 0. The second-order valence-corrected chi connectivity index (χ2v) is 6.04. The molecule has 2 nitrogen and oxygen atoms in total. The Labute approximate surface area is 131 Å². The highest BCUT2D eigenvalue weighted by Gasteiger charge is 2.28. The van der Waals surface area contributed by atoms with Crippen molar-refractivity contribution in [1.29, 1.82) is 0 Å². The first-order valence-electron chi connectivity index (χ1n) is 7.55. The maximum absolute atomic E-state index is 9.44. The van der Waals surface area contributed by atoms with Crippen LogP contribution in [0.5, 0.6) is 11.5 Å². The smallest absolute Gasteiger partial charge is 0.115 e. The number of aromatic hydroxyl groups is 2. The molecule has 2 aromatic rings. The van der Waals surface area contributed by atoms with E-state index in [2.05, 4.69) is 24.3 Å². The molecule has 0 bridgehead atoms. The van der Waals surface area contributed by atoms with Crippen LogP contribution in [0.15, 0.2) is 72.8 Å². The van der Waals surface area contributed by atoms with Gasteiger partial charge < -0.3 is 10.2 Å². The van der Waals surface area contributed by atoms with Gasteiger partial charge in [0.05, 0.1) is 0 Å². The molecule has 0 saturated carbocycles. The normalized spacial score (nSPS) is 15.8. The molecule has 0 amide bonds. The van der Waals surface area contributed by atoms with Crippen LogP contribution in [0.25, 0.3) is 0 Å². The van der Waals surface area contributed by atoms with Gasteiger partial charge in [0, 0.05) is 5.41 Å². The van der Waals surface area contributed by atoms with Crippen molar-refractivity contribution >= 4 is 0 Å². The Morgan fingerprint density at radius 2 is 1.23 bits per heavy atom. The first kappa shape index (κ1) is 14.5. The molecule has 1 aliphatic rings. The van der Waals surface area contributed by atoms with E-state index >= 15 is 0 Å². The summed E-state index contributed by atoms with van der Waals surface area (Å²) in [7, 11) is 0. The van der Waals surface area contributed by atoms with E-state index in [1.807, 2.05) is 24.3 Å². The molecule has 0 atom stereocenters. The van der Waals surface area contributed by atoms with Crippen LogP contribution < -0.4 is 0 Å². The van der Waals surface area contributed by atoms with Crippen LogP contribution in [0.2, 0.25) is 0 Å². The monoisotopic (exact) mass is 292 g/mol. The van der Waals surface area contributed by atoms with Gasteiger partial charge in [-0.25, -0.2) is 0 Å².